The van der Waals surface area contributed by atoms with E-state index in [1.807, 2.05) is 0 Å². The van der Waals surface area contributed by atoms with E-state index in [4.69, 9.17) is 9.90 Å². The summed E-state index contributed by atoms with van der Waals surface area (Å²) in [5, 5.41) is 7.42. The molecule has 2 nitrogen and oxygen atoms in total. The molecule has 0 fully saturated rings. The van der Waals surface area contributed by atoms with E-state index < -0.39 is 5.97 Å². The van der Waals surface area contributed by atoms with Gasteiger partial charge >= 0.3 is 89.1 Å². The first kappa shape index (κ1) is 22.5. The van der Waals surface area contributed by atoms with Crippen LogP contribution in [0.4, 0.5) is 0 Å². The molecule has 0 rings (SSSR count). The molecule has 0 saturated heterocycles. The SMILES string of the molecule is CC(=O)O.[Ca+2].[H-].[H-].[H-].[K+].[Zn]. The smallest absolute Gasteiger partial charge is 1.00 e. The molecule has 0 heterocycles. The fourth-order valence-electron chi connectivity index (χ4n) is 0. The van der Waals surface area contributed by atoms with Crippen molar-refractivity contribution in [3.8, 4) is 0 Å². The van der Waals surface area contributed by atoms with Crippen LogP contribution in [0.15, 0.2) is 0 Å². The molecule has 0 aliphatic carbocycles. The molecule has 0 aliphatic heterocycles. The second kappa shape index (κ2) is 16.0. The summed E-state index contributed by atoms with van der Waals surface area (Å²) in [6, 6.07) is 0. The first-order valence-electron chi connectivity index (χ1n) is 0.928. The van der Waals surface area contributed by atoms with E-state index in [9.17, 15) is 0 Å². The first-order chi connectivity index (χ1) is 1.73. The molecule has 0 unspecified atom stereocenters. The third-order valence-corrected chi connectivity index (χ3v) is 0. The Kier molecular flexibility index (Phi) is 51.4. The molecule has 1 N–H and O–H groups in total. The van der Waals surface area contributed by atoms with Crippen molar-refractivity contribution in [3.63, 3.8) is 0 Å². The van der Waals surface area contributed by atoms with Crippen molar-refractivity contribution in [2.75, 3.05) is 0 Å². The van der Waals surface area contributed by atoms with Gasteiger partial charge in [-0.05, 0) is 0 Å². The number of carboxylic acids is 1. The second-order valence-electron chi connectivity index (χ2n) is 0.519. The number of carbonyl (C=O) groups is 1. The second-order valence-corrected chi connectivity index (χ2v) is 0.519. The Bertz CT molecular complexity index is 47.5. The Labute approximate surface area is 132 Å². The summed E-state index contributed by atoms with van der Waals surface area (Å²) in [4.78, 5) is 9.00. The molecule has 0 bridgehead atoms. The number of aliphatic carboxylic acids is 1. The third kappa shape index (κ3) is 49.1. The minimum atomic E-state index is -0.833. The molecule has 0 radical (unpaired) electrons. The van der Waals surface area contributed by atoms with Gasteiger partial charge in [0.25, 0.3) is 5.97 Å². The molecule has 7 heavy (non-hydrogen) atoms. The summed E-state index contributed by atoms with van der Waals surface area (Å²) < 4.78 is 0. The van der Waals surface area contributed by atoms with E-state index in [-0.39, 0.29) is 113 Å². The van der Waals surface area contributed by atoms with Crippen LogP contribution in [0.25, 0.3) is 0 Å². The van der Waals surface area contributed by atoms with Gasteiger partial charge in [-0.2, -0.15) is 0 Å². The van der Waals surface area contributed by atoms with Gasteiger partial charge in [-0.25, -0.2) is 0 Å². The number of carboxylic acid groups (broad SMARTS) is 1. The van der Waals surface area contributed by atoms with Crippen LogP contribution in [-0.4, -0.2) is 48.8 Å². The van der Waals surface area contributed by atoms with Crippen molar-refractivity contribution in [1.29, 1.82) is 0 Å². The quantitative estimate of drug-likeness (QED) is 0.432. The van der Waals surface area contributed by atoms with Crippen LogP contribution >= 0.6 is 0 Å². The summed E-state index contributed by atoms with van der Waals surface area (Å²) in [5.74, 6) is -0.833. The fraction of sp³-hybridized carbons (Fsp3) is 0.500. The molecule has 0 aromatic heterocycles. The normalized spacial score (nSPS) is 3.57. The van der Waals surface area contributed by atoms with Crippen LogP contribution in [0.1, 0.15) is 11.2 Å². The molecular formula is C2H7CaKO2Zn. The molecule has 0 aromatic rings. The average Bonchev–Trinajstić information content (AvgIpc) is 0.811. The Morgan fingerprint density at radius 1 is 1.71 bits per heavy atom. The van der Waals surface area contributed by atoms with Crippen molar-refractivity contribution in [1.82, 2.24) is 0 Å². The molecule has 32 valence electrons. The van der Waals surface area contributed by atoms with E-state index >= 15 is 0 Å². The fourth-order valence-corrected chi connectivity index (χ4v) is 0. The third-order valence-electron chi connectivity index (χ3n) is 0. The summed E-state index contributed by atoms with van der Waals surface area (Å²) in [6.45, 7) is 1.08. The predicted octanol–water partition coefficient (Wildman–Crippen LogP) is -2.95. The zero-order chi connectivity index (χ0) is 3.58. The van der Waals surface area contributed by atoms with Crippen molar-refractivity contribution in [2.24, 2.45) is 0 Å². The minimum Gasteiger partial charge on any atom is -1.00 e. The van der Waals surface area contributed by atoms with Gasteiger partial charge in [0.2, 0.25) is 0 Å². The number of hydrogen-bond donors (Lipinski definition) is 1. The largest absolute Gasteiger partial charge is 2.00 e. The van der Waals surface area contributed by atoms with Crippen molar-refractivity contribution >= 4 is 43.7 Å². The Balaban J connectivity index is -0.00000000300. The monoisotopic (exact) mass is 206 g/mol. The molecule has 0 spiro atoms. The first-order valence-corrected chi connectivity index (χ1v) is 0.928. The predicted molar refractivity (Wildman–Crippen MR) is 22.4 cm³/mol. The zero-order valence-electron chi connectivity index (χ0n) is 7.77. The average molecular weight is 208 g/mol. The summed E-state index contributed by atoms with van der Waals surface area (Å²) in [7, 11) is 0. The number of rotatable bonds is 0. The van der Waals surface area contributed by atoms with Crippen LogP contribution in [0, 0.1) is 0 Å². The minimum absolute atomic E-state index is 0. The van der Waals surface area contributed by atoms with Crippen LogP contribution in [0.3, 0.4) is 0 Å². The van der Waals surface area contributed by atoms with Gasteiger partial charge in [-0.1, -0.05) is 0 Å². The Morgan fingerprint density at radius 2 is 1.71 bits per heavy atom. The van der Waals surface area contributed by atoms with Crippen LogP contribution in [0.5, 0.6) is 0 Å². The molecule has 5 heteroatoms. The van der Waals surface area contributed by atoms with Gasteiger partial charge in [0.1, 0.15) is 0 Å². The van der Waals surface area contributed by atoms with E-state index in [0.29, 0.717) is 0 Å². The van der Waals surface area contributed by atoms with Gasteiger partial charge in [-0.15, -0.1) is 0 Å². The Morgan fingerprint density at radius 3 is 1.71 bits per heavy atom. The summed E-state index contributed by atoms with van der Waals surface area (Å²) >= 11 is 0. The van der Waals surface area contributed by atoms with E-state index in [0.717, 1.165) is 6.92 Å². The van der Waals surface area contributed by atoms with Gasteiger partial charge < -0.3 is 9.39 Å². The zero-order valence-corrected chi connectivity index (χ0v) is 13.1. The maximum absolute atomic E-state index is 9.00. The molecule has 0 aliphatic rings. The maximum atomic E-state index is 9.00. The topological polar surface area (TPSA) is 37.3 Å². The maximum Gasteiger partial charge on any atom is 2.00 e. The van der Waals surface area contributed by atoms with Gasteiger partial charge in [-0.3, -0.25) is 4.79 Å². The van der Waals surface area contributed by atoms with Crippen molar-refractivity contribution < 1.29 is 85.0 Å². The molecule has 0 atom stereocenters. The van der Waals surface area contributed by atoms with E-state index in [1.54, 1.807) is 0 Å². The van der Waals surface area contributed by atoms with Crippen LogP contribution in [-0.2, 0) is 24.3 Å². The van der Waals surface area contributed by atoms with Gasteiger partial charge in [0.05, 0.1) is 0 Å². The molecule has 0 saturated carbocycles. The standard InChI is InChI=1S/C2H4O2.Ca.K.Zn.3H/c1-2(3)4;;;;;;/h1H3,(H,3,4);;;;;;/q;+2;+1;;3*-1. The van der Waals surface area contributed by atoms with Crippen molar-refractivity contribution in [3.05, 3.63) is 0 Å². The van der Waals surface area contributed by atoms with Crippen molar-refractivity contribution in [2.45, 2.75) is 6.92 Å². The summed E-state index contributed by atoms with van der Waals surface area (Å²) in [5.41, 5.74) is 0. The van der Waals surface area contributed by atoms with Gasteiger partial charge in [0, 0.05) is 26.4 Å². The van der Waals surface area contributed by atoms with E-state index in [2.05, 4.69) is 0 Å². The van der Waals surface area contributed by atoms with E-state index in [1.165, 1.54) is 0 Å². The molecular weight excluding hydrogens is 201 g/mol. The summed E-state index contributed by atoms with van der Waals surface area (Å²) in [6.07, 6.45) is 0. The Hall–Kier alpha value is 2.99. The molecule has 0 aromatic carbocycles. The molecule has 0 amide bonds. The van der Waals surface area contributed by atoms with Gasteiger partial charge in [0.15, 0.2) is 0 Å². The van der Waals surface area contributed by atoms with Crippen LogP contribution < -0.4 is 51.4 Å². The van der Waals surface area contributed by atoms with Crippen LogP contribution in [0.2, 0.25) is 0 Å². The number of hydrogen-bond acceptors (Lipinski definition) is 1.